The highest BCUT2D eigenvalue weighted by atomic mass is 32.2. The van der Waals surface area contributed by atoms with Crippen molar-refractivity contribution in [2.75, 3.05) is 6.01 Å². The van der Waals surface area contributed by atoms with Gasteiger partial charge in [0, 0.05) is 11.3 Å². The van der Waals surface area contributed by atoms with Crippen LogP contribution in [0, 0.1) is 34.5 Å². The zero-order valence-corrected chi connectivity index (χ0v) is 17.2. The van der Waals surface area contributed by atoms with Gasteiger partial charge in [0.15, 0.2) is 5.78 Å². The zero-order chi connectivity index (χ0) is 19.6. The maximum absolute atomic E-state index is 12.7. The van der Waals surface area contributed by atoms with Crippen LogP contribution in [0.2, 0.25) is 0 Å². The lowest BCUT2D eigenvalue weighted by Crippen LogP contribution is -2.55. The Morgan fingerprint density at radius 2 is 2.11 bits per heavy atom. The number of hydrogen-bond acceptors (Lipinski definition) is 4. The quantitative estimate of drug-likeness (QED) is 0.705. The van der Waals surface area contributed by atoms with Gasteiger partial charge in [-0.25, -0.2) is 4.39 Å². The second-order valence-corrected chi connectivity index (χ2v) is 10.6. The van der Waals surface area contributed by atoms with Crippen LogP contribution in [0.5, 0.6) is 0 Å². The third-order valence-electron chi connectivity index (χ3n) is 7.99. The van der Waals surface area contributed by atoms with E-state index in [1.54, 1.807) is 12.2 Å². The van der Waals surface area contributed by atoms with Crippen molar-refractivity contribution in [1.29, 1.82) is 0 Å². The predicted molar refractivity (Wildman–Crippen MR) is 105 cm³/mol. The van der Waals surface area contributed by atoms with E-state index in [0.29, 0.717) is 29.5 Å². The summed E-state index contributed by atoms with van der Waals surface area (Å²) < 4.78 is 12.7. The first-order valence-corrected chi connectivity index (χ1v) is 11.1. The van der Waals surface area contributed by atoms with E-state index in [1.807, 2.05) is 0 Å². The molecule has 0 aliphatic heterocycles. The van der Waals surface area contributed by atoms with E-state index < -0.39 is 22.6 Å². The van der Waals surface area contributed by atoms with Gasteiger partial charge >= 0.3 is 0 Å². The largest absolute Gasteiger partial charge is 0.393 e. The first-order chi connectivity index (χ1) is 12.7. The highest BCUT2D eigenvalue weighted by molar-refractivity contribution is 8.14. The fraction of sp³-hybridized carbons (Fsp3) is 0.727. The lowest BCUT2D eigenvalue weighted by Gasteiger charge is -2.58. The van der Waals surface area contributed by atoms with Gasteiger partial charge in [0.1, 0.15) is 6.01 Å². The molecule has 0 heterocycles. The minimum atomic E-state index is -0.830. The third kappa shape index (κ3) is 2.88. The molecule has 27 heavy (non-hydrogen) atoms. The Hall–Kier alpha value is -0.940. The third-order valence-corrected chi connectivity index (χ3v) is 8.58. The minimum absolute atomic E-state index is 0.0205. The number of allylic oxidation sites excluding steroid dienone is 3. The first-order valence-electron chi connectivity index (χ1n) is 10.1. The molecule has 3 saturated carbocycles. The number of alkyl halides is 1. The van der Waals surface area contributed by atoms with E-state index in [-0.39, 0.29) is 22.7 Å². The van der Waals surface area contributed by atoms with E-state index in [2.05, 4.69) is 20.8 Å². The summed E-state index contributed by atoms with van der Waals surface area (Å²) in [4.78, 5) is 24.7. The number of hydrogen-bond donors (Lipinski definition) is 1. The van der Waals surface area contributed by atoms with Crippen molar-refractivity contribution in [3.8, 4) is 0 Å². The number of thioether (sulfide) groups is 1. The predicted octanol–water partition coefficient (Wildman–Crippen LogP) is 4.46. The smallest absolute Gasteiger partial charge is 0.225 e. The molecule has 0 bridgehead atoms. The normalized spacial score (nSPS) is 46.1. The van der Waals surface area contributed by atoms with Crippen LogP contribution in [0.15, 0.2) is 23.3 Å². The topological polar surface area (TPSA) is 54.4 Å². The molecule has 148 valence electrons. The number of carbonyl (C=O) groups is 2. The number of aliphatic hydroxyl groups excluding tert-OH is 1. The van der Waals surface area contributed by atoms with Gasteiger partial charge in [-0.15, -0.1) is 0 Å². The van der Waals surface area contributed by atoms with Crippen molar-refractivity contribution >= 4 is 22.7 Å². The molecule has 0 radical (unpaired) electrons. The van der Waals surface area contributed by atoms with Crippen LogP contribution < -0.4 is 0 Å². The molecule has 0 aromatic rings. The van der Waals surface area contributed by atoms with Gasteiger partial charge in [-0.2, -0.15) is 0 Å². The number of carbonyl (C=O) groups excluding carboxylic acids is 2. The Bertz CT molecular complexity index is 744. The Balaban J connectivity index is 1.74. The van der Waals surface area contributed by atoms with Crippen LogP contribution in [-0.4, -0.2) is 28.1 Å². The van der Waals surface area contributed by atoms with Crippen LogP contribution >= 0.6 is 11.8 Å². The number of halogens is 1. The molecule has 3 fully saturated rings. The van der Waals surface area contributed by atoms with Crippen LogP contribution in [0.3, 0.4) is 0 Å². The number of aliphatic hydroxyl groups is 1. The minimum Gasteiger partial charge on any atom is -0.393 e. The van der Waals surface area contributed by atoms with Gasteiger partial charge in [-0.05, 0) is 73.1 Å². The van der Waals surface area contributed by atoms with Crippen LogP contribution in [-0.2, 0) is 9.59 Å². The lowest BCUT2D eigenvalue weighted by molar-refractivity contribution is -0.118. The molecule has 5 heteroatoms. The SMILES string of the molecule is CC1C[C@H]2[C@@H]3CCC4=CC(=O)C(C(=O)SCF)=C[C@]4(C)[C@H]3C(O)C[C@]2(C)C1. The maximum atomic E-state index is 12.7. The van der Waals surface area contributed by atoms with E-state index in [9.17, 15) is 19.1 Å². The molecule has 0 spiro atoms. The molecule has 4 rings (SSSR count). The van der Waals surface area contributed by atoms with Crippen molar-refractivity contribution in [1.82, 2.24) is 0 Å². The Morgan fingerprint density at radius 3 is 2.81 bits per heavy atom. The summed E-state index contributed by atoms with van der Waals surface area (Å²) in [7, 11) is 0. The first kappa shape index (κ1) is 19.4. The average Bonchev–Trinajstić information content (AvgIpc) is 2.88. The van der Waals surface area contributed by atoms with Crippen molar-refractivity contribution < 1.29 is 19.1 Å². The van der Waals surface area contributed by atoms with Crippen LogP contribution in [0.1, 0.15) is 52.9 Å². The lowest BCUT2D eigenvalue weighted by atomic mass is 9.47. The molecular weight excluding hydrogens is 363 g/mol. The van der Waals surface area contributed by atoms with Crippen molar-refractivity contribution in [3.05, 3.63) is 23.3 Å². The summed E-state index contributed by atoms with van der Waals surface area (Å²) in [5.41, 5.74) is 0.814. The van der Waals surface area contributed by atoms with Gasteiger partial charge in [0.25, 0.3) is 0 Å². The summed E-state index contributed by atoms with van der Waals surface area (Å²) in [6.07, 6.45) is 7.93. The summed E-state index contributed by atoms with van der Waals surface area (Å²) in [5, 5.41) is 10.7. The second kappa shape index (κ2) is 6.55. The Kier molecular flexibility index (Phi) is 4.70. The maximum Gasteiger partial charge on any atom is 0.225 e. The highest BCUT2D eigenvalue weighted by Crippen LogP contribution is 2.65. The van der Waals surface area contributed by atoms with Crippen molar-refractivity contribution in [3.63, 3.8) is 0 Å². The van der Waals surface area contributed by atoms with Gasteiger partial charge < -0.3 is 5.11 Å². The molecule has 4 aliphatic carbocycles. The summed E-state index contributed by atoms with van der Waals surface area (Å²) in [5.74, 6) is 1.38. The fourth-order valence-corrected chi connectivity index (χ4v) is 7.57. The van der Waals surface area contributed by atoms with Gasteiger partial charge in [-0.1, -0.05) is 32.4 Å². The highest BCUT2D eigenvalue weighted by Gasteiger charge is 2.60. The van der Waals surface area contributed by atoms with E-state index in [4.69, 9.17) is 0 Å². The van der Waals surface area contributed by atoms with Crippen LogP contribution in [0.25, 0.3) is 0 Å². The molecule has 2 unspecified atom stereocenters. The molecular formula is C22H29FO3S. The fourth-order valence-electron chi connectivity index (χ4n) is 7.16. The van der Waals surface area contributed by atoms with Crippen molar-refractivity contribution in [2.45, 2.75) is 59.0 Å². The molecule has 7 atom stereocenters. The molecule has 0 saturated heterocycles. The molecule has 4 aliphatic rings. The summed E-state index contributed by atoms with van der Waals surface area (Å²) in [6, 6.07) is -0.830. The Morgan fingerprint density at radius 1 is 1.37 bits per heavy atom. The van der Waals surface area contributed by atoms with Crippen molar-refractivity contribution in [2.24, 2.45) is 34.5 Å². The number of ketones is 1. The molecule has 1 N–H and O–H groups in total. The Labute approximate surface area is 164 Å². The standard InChI is InChI=1S/C22H29FO3S/c1-12-6-16-14-5-4-13-7-17(24)15(20(26)27-11-23)9-22(13,3)19(14)18(25)10-21(16,2)8-12/h7,9,12,14,16,18-19,25H,4-6,8,10-11H2,1-3H3/t12?,14-,16-,18?,19+,21-,22-/m0/s1. The number of fused-ring (bicyclic) bond motifs is 5. The molecule has 0 aromatic heterocycles. The summed E-state index contributed by atoms with van der Waals surface area (Å²) in [6.45, 7) is 6.71. The number of rotatable bonds is 2. The van der Waals surface area contributed by atoms with E-state index in [0.717, 1.165) is 24.8 Å². The molecule has 0 aromatic carbocycles. The average molecular weight is 393 g/mol. The van der Waals surface area contributed by atoms with E-state index in [1.165, 1.54) is 12.8 Å². The molecule has 3 nitrogen and oxygen atoms in total. The monoisotopic (exact) mass is 392 g/mol. The van der Waals surface area contributed by atoms with E-state index >= 15 is 0 Å². The second-order valence-electron chi connectivity index (χ2n) is 9.72. The van der Waals surface area contributed by atoms with Gasteiger partial charge in [-0.3, -0.25) is 9.59 Å². The van der Waals surface area contributed by atoms with Gasteiger partial charge in [0.2, 0.25) is 5.12 Å². The van der Waals surface area contributed by atoms with Crippen LogP contribution in [0.4, 0.5) is 4.39 Å². The van der Waals surface area contributed by atoms with Gasteiger partial charge in [0.05, 0.1) is 11.7 Å². The zero-order valence-electron chi connectivity index (χ0n) is 16.3. The molecule has 0 amide bonds. The summed E-state index contributed by atoms with van der Waals surface area (Å²) >= 11 is 0.538.